The van der Waals surface area contributed by atoms with E-state index in [2.05, 4.69) is 10.2 Å². The van der Waals surface area contributed by atoms with E-state index >= 15 is 0 Å². The standard InChI is InChI=1S/C20H16FN3/c21-13-5-3-4-12(10-13)20-15-7-2-1-6-14(15)19-16-11-22-24-17(16)8-9-18(19)23-20/h3-5,8-11H,1-2,6-7H2,(H,22,24). The van der Waals surface area contributed by atoms with Crippen molar-refractivity contribution >= 4 is 21.8 Å². The molecular weight excluding hydrogens is 301 g/mol. The summed E-state index contributed by atoms with van der Waals surface area (Å²) >= 11 is 0. The number of hydrogen-bond acceptors (Lipinski definition) is 2. The van der Waals surface area contributed by atoms with Crippen LogP contribution in [0.2, 0.25) is 0 Å². The van der Waals surface area contributed by atoms with Crippen molar-refractivity contribution in [3.05, 3.63) is 59.5 Å². The number of aryl methyl sites for hydroxylation is 1. The van der Waals surface area contributed by atoms with Crippen molar-refractivity contribution in [1.29, 1.82) is 0 Å². The lowest BCUT2D eigenvalue weighted by atomic mass is 9.85. The predicted octanol–water partition coefficient (Wildman–Crippen LogP) is 4.80. The number of nitrogens with zero attached hydrogens (tertiary/aromatic N) is 2. The number of rotatable bonds is 1. The quantitative estimate of drug-likeness (QED) is 0.548. The van der Waals surface area contributed by atoms with Crippen LogP contribution in [0.3, 0.4) is 0 Å². The molecule has 2 heterocycles. The van der Waals surface area contributed by atoms with Gasteiger partial charge in [-0.1, -0.05) is 12.1 Å². The maximum atomic E-state index is 13.7. The molecule has 0 radical (unpaired) electrons. The Hall–Kier alpha value is -2.75. The fourth-order valence-electron chi connectivity index (χ4n) is 3.92. The van der Waals surface area contributed by atoms with Crippen LogP contribution in [0.1, 0.15) is 24.0 Å². The van der Waals surface area contributed by atoms with Crippen LogP contribution in [0.4, 0.5) is 4.39 Å². The van der Waals surface area contributed by atoms with Crippen molar-refractivity contribution < 1.29 is 4.39 Å². The monoisotopic (exact) mass is 317 g/mol. The zero-order chi connectivity index (χ0) is 16.1. The molecule has 0 spiro atoms. The highest BCUT2D eigenvalue weighted by molar-refractivity contribution is 6.07. The summed E-state index contributed by atoms with van der Waals surface area (Å²) in [4.78, 5) is 4.92. The van der Waals surface area contributed by atoms with Gasteiger partial charge in [0, 0.05) is 16.3 Å². The molecule has 0 amide bonds. The summed E-state index contributed by atoms with van der Waals surface area (Å²) in [5.41, 5.74) is 6.42. The van der Waals surface area contributed by atoms with Crippen molar-refractivity contribution in [1.82, 2.24) is 15.2 Å². The molecule has 1 aliphatic rings. The summed E-state index contributed by atoms with van der Waals surface area (Å²) in [6.07, 6.45) is 6.27. The van der Waals surface area contributed by atoms with Crippen LogP contribution < -0.4 is 0 Å². The number of pyridine rings is 1. The van der Waals surface area contributed by atoms with Crippen molar-refractivity contribution in [3.63, 3.8) is 0 Å². The number of fused-ring (bicyclic) bond motifs is 5. The van der Waals surface area contributed by atoms with Gasteiger partial charge in [0.05, 0.1) is 22.9 Å². The van der Waals surface area contributed by atoms with Crippen LogP contribution in [0.15, 0.2) is 42.6 Å². The SMILES string of the molecule is Fc1cccc(-c2nc3ccc4[nH]ncc4c3c3c2CCCC3)c1. The van der Waals surface area contributed by atoms with Gasteiger partial charge in [0.25, 0.3) is 0 Å². The van der Waals surface area contributed by atoms with E-state index in [1.54, 1.807) is 12.1 Å². The first-order valence-electron chi connectivity index (χ1n) is 8.35. The van der Waals surface area contributed by atoms with Gasteiger partial charge >= 0.3 is 0 Å². The van der Waals surface area contributed by atoms with Gasteiger partial charge in [0.15, 0.2) is 0 Å². The van der Waals surface area contributed by atoms with Gasteiger partial charge in [-0.2, -0.15) is 5.10 Å². The second kappa shape index (κ2) is 5.13. The van der Waals surface area contributed by atoms with Gasteiger partial charge in [-0.3, -0.25) is 5.10 Å². The fraction of sp³-hybridized carbons (Fsp3) is 0.200. The number of nitrogens with one attached hydrogen (secondary N) is 1. The van der Waals surface area contributed by atoms with Crippen molar-refractivity contribution in [2.24, 2.45) is 0 Å². The molecule has 0 fully saturated rings. The van der Waals surface area contributed by atoms with E-state index in [1.165, 1.54) is 29.0 Å². The van der Waals surface area contributed by atoms with Gasteiger partial charge in [-0.15, -0.1) is 0 Å². The molecule has 3 nitrogen and oxygen atoms in total. The highest BCUT2D eigenvalue weighted by Crippen LogP contribution is 2.37. The second-order valence-corrected chi connectivity index (χ2v) is 6.43. The van der Waals surface area contributed by atoms with Gasteiger partial charge in [0.1, 0.15) is 5.82 Å². The normalized spacial score (nSPS) is 14.2. The second-order valence-electron chi connectivity index (χ2n) is 6.43. The van der Waals surface area contributed by atoms with Gasteiger partial charge < -0.3 is 0 Å². The summed E-state index contributed by atoms with van der Waals surface area (Å²) in [5.74, 6) is -0.218. The van der Waals surface area contributed by atoms with Gasteiger partial charge in [-0.05, 0) is 61.1 Å². The third-order valence-corrected chi connectivity index (χ3v) is 4.99. The zero-order valence-corrected chi connectivity index (χ0v) is 13.1. The summed E-state index contributed by atoms with van der Waals surface area (Å²) in [6.45, 7) is 0. The van der Waals surface area contributed by atoms with E-state index in [1.807, 2.05) is 24.4 Å². The number of benzene rings is 2. The Balaban J connectivity index is 1.90. The fourth-order valence-corrected chi connectivity index (χ4v) is 3.92. The Bertz CT molecular complexity index is 1080. The molecule has 2 aromatic carbocycles. The molecule has 1 N–H and O–H groups in total. The number of aromatic nitrogens is 3. The van der Waals surface area contributed by atoms with Gasteiger partial charge in [-0.25, -0.2) is 9.37 Å². The van der Waals surface area contributed by atoms with Crippen LogP contribution in [0, 0.1) is 5.82 Å². The van der Waals surface area contributed by atoms with Crippen LogP contribution in [-0.2, 0) is 12.8 Å². The first-order valence-corrected chi connectivity index (χ1v) is 8.35. The highest BCUT2D eigenvalue weighted by Gasteiger charge is 2.21. The minimum absolute atomic E-state index is 0.218. The number of aromatic amines is 1. The third-order valence-electron chi connectivity index (χ3n) is 4.99. The largest absolute Gasteiger partial charge is 0.278 e. The minimum atomic E-state index is -0.218. The molecule has 118 valence electrons. The molecule has 24 heavy (non-hydrogen) atoms. The average Bonchev–Trinajstić information content (AvgIpc) is 3.09. The molecule has 2 aromatic heterocycles. The lowest BCUT2D eigenvalue weighted by Crippen LogP contribution is -2.08. The molecule has 0 saturated carbocycles. The molecule has 1 aliphatic carbocycles. The van der Waals surface area contributed by atoms with Crippen LogP contribution in [0.25, 0.3) is 33.1 Å². The molecule has 4 heteroatoms. The Labute approximate surface area is 138 Å². The summed E-state index contributed by atoms with van der Waals surface area (Å²) in [7, 11) is 0. The van der Waals surface area contributed by atoms with Crippen molar-refractivity contribution in [3.8, 4) is 11.3 Å². The summed E-state index contributed by atoms with van der Waals surface area (Å²) in [6, 6.07) is 10.8. The number of halogens is 1. The maximum absolute atomic E-state index is 13.7. The molecule has 0 atom stereocenters. The predicted molar refractivity (Wildman–Crippen MR) is 93.4 cm³/mol. The lowest BCUT2D eigenvalue weighted by Gasteiger charge is -2.21. The first-order chi connectivity index (χ1) is 11.8. The van der Waals surface area contributed by atoms with Crippen molar-refractivity contribution in [2.45, 2.75) is 25.7 Å². The van der Waals surface area contributed by atoms with Crippen LogP contribution in [0.5, 0.6) is 0 Å². The number of H-pyrrole nitrogens is 1. The Kier molecular flexibility index (Phi) is 2.92. The van der Waals surface area contributed by atoms with E-state index in [4.69, 9.17) is 4.98 Å². The summed E-state index contributed by atoms with van der Waals surface area (Å²) < 4.78 is 13.7. The zero-order valence-electron chi connectivity index (χ0n) is 13.1. The minimum Gasteiger partial charge on any atom is -0.278 e. The smallest absolute Gasteiger partial charge is 0.123 e. The Morgan fingerprint density at radius 2 is 1.88 bits per heavy atom. The van der Waals surface area contributed by atoms with E-state index in [0.717, 1.165) is 46.9 Å². The van der Waals surface area contributed by atoms with E-state index < -0.39 is 0 Å². The maximum Gasteiger partial charge on any atom is 0.123 e. The van der Waals surface area contributed by atoms with E-state index in [-0.39, 0.29) is 5.82 Å². The third kappa shape index (κ3) is 1.96. The first kappa shape index (κ1) is 13.7. The molecular formula is C20H16FN3. The van der Waals surface area contributed by atoms with Gasteiger partial charge in [0.2, 0.25) is 0 Å². The molecule has 4 aromatic rings. The van der Waals surface area contributed by atoms with E-state index in [0.29, 0.717) is 0 Å². The van der Waals surface area contributed by atoms with Crippen LogP contribution >= 0.6 is 0 Å². The Morgan fingerprint density at radius 1 is 1.00 bits per heavy atom. The molecule has 0 saturated heterocycles. The molecule has 0 aliphatic heterocycles. The number of hydrogen-bond donors (Lipinski definition) is 1. The summed E-state index contributed by atoms with van der Waals surface area (Å²) in [5, 5.41) is 9.57. The highest BCUT2D eigenvalue weighted by atomic mass is 19.1. The van der Waals surface area contributed by atoms with Crippen LogP contribution in [-0.4, -0.2) is 15.2 Å². The molecule has 0 unspecified atom stereocenters. The topological polar surface area (TPSA) is 41.6 Å². The lowest BCUT2D eigenvalue weighted by molar-refractivity contribution is 0.628. The average molecular weight is 317 g/mol. The van der Waals surface area contributed by atoms with Crippen molar-refractivity contribution in [2.75, 3.05) is 0 Å². The molecule has 5 rings (SSSR count). The molecule has 0 bridgehead atoms. The van der Waals surface area contributed by atoms with E-state index in [9.17, 15) is 4.39 Å². The Morgan fingerprint density at radius 3 is 2.75 bits per heavy atom.